The quantitative estimate of drug-likeness (QED) is 0.640. The van der Waals surface area contributed by atoms with Crippen molar-refractivity contribution >= 4 is 21.9 Å². The lowest BCUT2D eigenvalue weighted by atomic mass is 10.1. The van der Waals surface area contributed by atoms with Crippen molar-refractivity contribution in [2.45, 2.75) is 6.92 Å². The van der Waals surface area contributed by atoms with Gasteiger partial charge in [-0.05, 0) is 24.6 Å². The first-order chi connectivity index (χ1) is 8.09. The molecule has 0 bridgehead atoms. The number of aromatic hydroxyl groups is 1. The monoisotopic (exact) mass is 234 g/mol. The van der Waals surface area contributed by atoms with Crippen LogP contribution in [0.1, 0.15) is 5.56 Å². The minimum Gasteiger partial charge on any atom is -0.505 e. The summed E-state index contributed by atoms with van der Waals surface area (Å²) in [5, 5.41) is 10.2. The Morgan fingerprint density at radius 1 is 0.941 bits per heavy atom. The van der Waals surface area contributed by atoms with Crippen LogP contribution in [0.5, 0.6) is 5.75 Å². The van der Waals surface area contributed by atoms with Crippen molar-refractivity contribution in [3.8, 4) is 5.75 Å². The van der Waals surface area contributed by atoms with Crippen molar-refractivity contribution in [1.82, 2.24) is 0 Å². The fourth-order valence-corrected chi connectivity index (χ4v) is 1.93. The fraction of sp³-hybridized carbons (Fsp3) is 0.0769. The van der Waals surface area contributed by atoms with Gasteiger partial charge >= 0.3 is 0 Å². The van der Waals surface area contributed by atoms with Crippen LogP contribution in [0.2, 0.25) is 0 Å². The maximum atomic E-state index is 13.8. The summed E-state index contributed by atoms with van der Waals surface area (Å²) in [5.41, 5.74) is 0.329. The number of rotatable bonds is 0. The lowest BCUT2D eigenvalue weighted by Gasteiger charge is -1.95. The van der Waals surface area contributed by atoms with Crippen LogP contribution in [0.4, 0.5) is 8.78 Å². The van der Waals surface area contributed by atoms with Gasteiger partial charge in [0, 0.05) is 10.8 Å². The molecular weight excluding hydrogens is 226 g/mol. The second-order valence-corrected chi connectivity index (χ2v) is 3.95. The van der Waals surface area contributed by atoms with Crippen LogP contribution in [0, 0.1) is 18.6 Å². The molecule has 3 aromatic rings. The fourth-order valence-electron chi connectivity index (χ4n) is 1.93. The molecule has 0 aliphatic carbocycles. The van der Waals surface area contributed by atoms with Gasteiger partial charge in [0.2, 0.25) is 5.82 Å². The summed E-state index contributed by atoms with van der Waals surface area (Å²) < 4.78 is 32.6. The molecule has 3 rings (SSSR count). The van der Waals surface area contributed by atoms with Crippen LogP contribution in [0.3, 0.4) is 0 Å². The first-order valence-electron chi connectivity index (χ1n) is 5.08. The molecule has 1 heterocycles. The second kappa shape index (κ2) is 3.20. The van der Waals surface area contributed by atoms with Crippen molar-refractivity contribution in [1.29, 1.82) is 0 Å². The van der Waals surface area contributed by atoms with E-state index in [4.69, 9.17) is 4.42 Å². The van der Waals surface area contributed by atoms with Crippen molar-refractivity contribution < 1.29 is 18.3 Å². The Kier molecular flexibility index (Phi) is 1.90. The van der Waals surface area contributed by atoms with E-state index >= 15 is 0 Å². The van der Waals surface area contributed by atoms with Gasteiger partial charge in [-0.2, -0.15) is 4.39 Å². The number of phenolic OH excluding ortho intramolecular Hbond substituents is 1. The Morgan fingerprint density at radius 3 is 2.24 bits per heavy atom. The molecule has 1 aromatic heterocycles. The van der Waals surface area contributed by atoms with Crippen molar-refractivity contribution in [2.75, 3.05) is 0 Å². The first-order valence-corrected chi connectivity index (χ1v) is 5.08. The number of phenols is 1. The molecule has 0 amide bonds. The average molecular weight is 234 g/mol. The molecule has 2 nitrogen and oxygen atoms in total. The summed E-state index contributed by atoms with van der Waals surface area (Å²) in [5.74, 6) is -1.87. The standard InChI is InChI=1S/C13H8F2O2/c1-6-2-3-7-8-4-5-9(16)11(15)13(8)17-12(7)10(6)14/h2-5,16H,1H3. The Labute approximate surface area is 95.1 Å². The van der Waals surface area contributed by atoms with Gasteiger partial charge < -0.3 is 9.52 Å². The van der Waals surface area contributed by atoms with E-state index < -0.39 is 17.4 Å². The summed E-state index contributed by atoms with van der Waals surface area (Å²) >= 11 is 0. The van der Waals surface area contributed by atoms with E-state index in [0.29, 0.717) is 16.3 Å². The highest BCUT2D eigenvalue weighted by Crippen LogP contribution is 2.35. The summed E-state index contributed by atoms with van der Waals surface area (Å²) in [6, 6.07) is 6.02. The molecule has 0 aliphatic heterocycles. The first kappa shape index (κ1) is 10.1. The highest BCUT2D eigenvalue weighted by molar-refractivity contribution is 6.05. The molecule has 4 heteroatoms. The molecular formula is C13H8F2O2. The van der Waals surface area contributed by atoms with Crippen LogP contribution in [0.15, 0.2) is 28.7 Å². The van der Waals surface area contributed by atoms with Crippen molar-refractivity contribution in [3.63, 3.8) is 0 Å². The summed E-state index contributed by atoms with van der Waals surface area (Å²) in [7, 11) is 0. The third-order valence-corrected chi connectivity index (χ3v) is 2.86. The maximum Gasteiger partial charge on any atom is 0.207 e. The predicted octanol–water partition coefficient (Wildman–Crippen LogP) is 3.88. The number of benzene rings is 2. The molecule has 17 heavy (non-hydrogen) atoms. The van der Waals surface area contributed by atoms with Crippen LogP contribution < -0.4 is 0 Å². The predicted molar refractivity (Wildman–Crippen MR) is 60.0 cm³/mol. The molecule has 0 unspecified atom stereocenters. The van der Waals surface area contributed by atoms with Crippen LogP contribution in [-0.4, -0.2) is 5.11 Å². The van der Waals surface area contributed by atoms with E-state index in [1.54, 1.807) is 19.1 Å². The third kappa shape index (κ3) is 1.24. The molecule has 0 fully saturated rings. The van der Waals surface area contributed by atoms with Crippen molar-refractivity contribution in [2.24, 2.45) is 0 Å². The molecule has 0 spiro atoms. The van der Waals surface area contributed by atoms with Gasteiger partial charge in [-0.25, -0.2) is 4.39 Å². The molecule has 0 saturated carbocycles. The average Bonchev–Trinajstić information content (AvgIpc) is 2.69. The molecule has 2 aromatic carbocycles. The molecule has 0 saturated heterocycles. The highest BCUT2D eigenvalue weighted by Gasteiger charge is 2.17. The molecule has 0 aliphatic rings. The van der Waals surface area contributed by atoms with Crippen molar-refractivity contribution in [3.05, 3.63) is 41.5 Å². The lowest BCUT2D eigenvalue weighted by Crippen LogP contribution is -1.80. The highest BCUT2D eigenvalue weighted by atomic mass is 19.1. The van der Waals surface area contributed by atoms with E-state index in [1.807, 2.05) is 0 Å². The van der Waals surface area contributed by atoms with Crippen LogP contribution >= 0.6 is 0 Å². The van der Waals surface area contributed by atoms with Gasteiger partial charge in [0.25, 0.3) is 0 Å². The molecule has 0 radical (unpaired) electrons. The van der Waals surface area contributed by atoms with Gasteiger partial charge in [0.1, 0.15) is 0 Å². The van der Waals surface area contributed by atoms with Gasteiger partial charge in [-0.15, -0.1) is 0 Å². The summed E-state index contributed by atoms with van der Waals surface area (Å²) in [6.45, 7) is 1.61. The number of aryl methyl sites for hydroxylation is 1. The van der Waals surface area contributed by atoms with Crippen LogP contribution in [-0.2, 0) is 0 Å². The summed E-state index contributed by atoms with van der Waals surface area (Å²) in [6.07, 6.45) is 0. The summed E-state index contributed by atoms with van der Waals surface area (Å²) in [4.78, 5) is 0. The second-order valence-electron chi connectivity index (χ2n) is 3.95. The van der Waals surface area contributed by atoms with E-state index in [1.165, 1.54) is 12.1 Å². The minimum atomic E-state index is -0.865. The topological polar surface area (TPSA) is 33.4 Å². The van der Waals surface area contributed by atoms with Gasteiger partial charge in [0.15, 0.2) is 22.7 Å². The van der Waals surface area contributed by atoms with Gasteiger partial charge in [-0.1, -0.05) is 12.1 Å². The lowest BCUT2D eigenvalue weighted by molar-refractivity contribution is 0.430. The van der Waals surface area contributed by atoms with Gasteiger partial charge in [0.05, 0.1) is 0 Å². The van der Waals surface area contributed by atoms with E-state index in [2.05, 4.69) is 0 Å². The zero-order valence-corrected chi connectivity index (χ0v) is 8.92. The maximum absolute atomic E-state index is 13.8. The zero-order valence-electron chi connectivity index (χ0n) is 8.92. The number of halogens is 2. The van der Waals surface area contributed by atoms with Crippen LogP contribution in [0.25, 0.3) is 21.9 Å². The van der Waals surface area contributed by atoms with E-state index in [0.717, 1.165) is 0 Å². The largest absolute Gasteiger partial charge is 0.505 e. The number of furan rings is 1. The zero-order chi connectivity index (χ0) is 12.2. The molecule has 0 atom stereocenters. The Balaban J connectivity index is 2.58. The number of hydrogen-bond acceptors (Lipinski definition) is 2. The molecule has 86 valence electrons. The Morgan fingerprint density at radius 2 is 1.53 bits per heavy atom. The van der Waals surface area contributed by atoms with E-state index in [9.17, 15) is 13.9 Å². The SMILES string of the molecule is Cc1ccc2c(oc3c(F)c(O)ccc32)c1F. The van der Waals surface area contributed by atoms with Gasteiger partial charge in [-0.3, -0.25) is 0 Å². The minimum absolute atomic E-state index is 0.0181. The molecule has 1 N–H and O–H groups in total. The Hall–Kier alpha value is -2.10. The third-order valence-electron chi connectivity index (χ3n) is 2.86. The smallest absolute Gasteiger partial charge is 0.207 e. The van der Waals surface area contributed by atoms with E-state index in [-0.39, 0.29) is 11.2 Å². The number of fused-ring (bicyclic) bond motifs is 3. The Bertz CT molecular complexity index is 682. The normalized spacial score (nSPS) is 11.5. The number of hydrogen-bond donors (Lipinski definition) is 1.